The zero-order valence-electron chi connectivity index (χ0n) is 12.3. The van der Waals surface area contributed by atoms with Crippen LogP contribution in [0.25, 0.3) is 22.2 Å². The minimum Gasteiger partial charge on any atom is -0.354 e. The van der Waals surface area contributed by atoms with Crippen molar-refractivity contribution in [3.8, 4) is 11.3 Å². The maximum atomic E-state index is 11.8. The van der Waals surface area contributed by atoms with E-state index in [1.807, 2.05) is 25.1 Å². The molecule has 0 aliphatic heterocycles. The first-order valence-corrected chi connectivity index (χ1v) is 7.42. The highest BCUT2D eigenvalue weighted by atomic mass is 16.2. The molecule has 0 saturated heterocycles. The lowest BCUT2D eigenvalue weighted by Gasteiger charge is -2.02. The van der Waals surface area contributed by atoms with Gasteiger partial charge in [0.05, 0.1) is 5.52 Å². The van der Waals surface area contributed by atoms with Crippen molar-refractivity contribution in [2.45, 2.75) is 19.8 Å². The van der Waals surface area contributed by atoms with Crippen LogP contribution in [-0.4, -0.2) is 20.9 Å². The number of nitrogens with one attached hydrogen (secondary N) is 2. The number of aryl methyl sites for hydroxylation is 1. The highest BCUT2D eigenvalue weighted by molar-refractivity contribution is 5.95. The number of hydrogen-bond acceptors (Lipinski definition) is 3. The van der Waals surface area contributed by atoms with Crippen molar-refractivity contribution >= 4 is 22.6 Å². The molecule has 0 unspecified atom stereocenters. The third-order valence-electron chi connectivity index (χ3n) is 3.91. The average molecular weight is 292 g/mol. The van der Waals surface area contributed by atoms with Crippen LogP contribution in [0.1, 0.15) is 18.5 Å². The van der Waals surface area contributed by atoms with Crippen molar-refractivity contribution in [2.24, 2.45) is 5.92 Å². The number of H-pyrrole nitrogens is 1. The van der Waals surface area contributed by atoms with E-state index in [0.717, 1.165) is 40.7 Å². The molecule has 0 radical (unpaired) electrons. The van der Waals surface area contributed by atoms with E-state index in [2.05, 4.69) is 26.3 Å². The standard InChI is InChI=1S/C17H16N4O/c1-10-6-12(4-5-18-10)14-7-13-9-19-16(8-15(13)20-14)21-17(22)11-2-3-11/h4-9,11,20H,2-3H2,1H3,(H,19,21,22). The van der Waals surface area contributed by atoms with Gasteiger partial charge in [-0.3, -0.25) is 9.78 Å². The summed E-state index contributed by atoms with van der Waals surface area (Å²) in [6.07, 6.45) is 5.56. The third kappa shape index (κ3) is 2.45. The van der Waals surface area contributed by atoms with Crippen molar-refractivity contribution < 1.29 is 4.79 Å². The fourth-order valence-corrected chi connectivity index (χ4v) is 2.54. The molecule has 2 N–H and O–H groups in total. The molecule has 1 saturated carbocycles. The van der Waals surface area contributed by atoms with E-state index < -0.39 is 0 Å². The molecule has 1 fully saturated rings. The van der Waals surface area contributed by atoms with Gasteiger partial charge in [-0.1, -0.05) is 0 Å². The summed E-state index contributed by atoms with van der Waals surface area (Å²) in [5, 5.41) is 3.90. The fraction of sp³-hybridized carbons (Fsp3) is 0.235. The Balaban J connectivity index is 1.67. The topological polar surface area (TPSA) is 70.7 Å². The van der Waals surface area contributed by atoms with Gasteiger partial charge in [0.1, 0.15) is 5.82 Å². The lowest BCUT2D eigenvalue weighted by Crippen LogP contribution is -2.14. The van der Waals surface area contributed by atoms with Crippen molar-refractivity contribution in [2.75, 3.05) is 5.32 Å². The van der Waals surface area contributed by atoms with Gasteiger partial charge in [-0.25, -0.2) is 4.98 Å². The molecule has 5 heteroatoms. The number of anilines is 1. The molecule has 110 valence electrons. The van der Waals surface area contributed by atoms with Crippen LogP contribution in [0.5, 0.6) is 0 Å². The molecule has 4 rings (SSSR count). The van der Waals surface area contributed by atoms with E-state index in [4.69, 9.17) is 0 Å². The molecule has 3 aromatic rings. The number of amides is 1. The van der Waals surface area contributed by atoms with E-state index >= 15 is 0 Å². The summed E-state index contributed by atoms with van der Waals surface area (Å²) in [6.45, 7) is 1.97. The van der Waals surface area contributed by atoms with Gasteiger partial charge in [-0.2, -0.15) is 0 Å². The van der Waals surface area contributed by atoms with Crippen LogP contribution < -0.4 is 5.32 Å². The number of nitrogens with zero attached hydrogens (tertiary/aromatic N) is 2. The van der Waals surface area contributed by atoms with Crippen molar-refractivity contribution in [3.05, 3.63) is 42.4 Å². The number of carbonyl (C=O) groups excluding carboxylic acids is 1. The van der Waals surface area contributed by atoms with E-state index in [0.29, 0.717) is 5.82 Å². The second-order valence-corrected chi connectivity index (χ2v) is 5.79. The zero-order valence-corrected chi connectivity index (χ0v) is 12.3. The van der Waals surface area contributed by atoms with Gasteiger partial charge in [-0.05, 0) is 38.0 Å². The molecule has 0 bridgehead atoms. The predicted octanol–water partition coefficient (Wildman–Crippen LogP) is 3.28. The number of rotatable bonds is 3. The van der Waals surface area contributed by atoms with Gasteiger partial charge in [0, 0.05) is 46.7 Å². The number of carbonyl (C=O) groups is 1. The summed E-state index contributed by atoms with van der Waals surface area (Å²) < 4.78 is 0. The van der Waals surface area contributed by atoms with Crippen LogP contribution in [0, 0.1) is 12.8 Å². The summed E-state index contributed by atoms with van der Waals surface area (Å²) in [5.74, 6) is 0.851. The molecule has 3 heterocycles. The predicted molar refractivity (Wildman–Crippen MR) is 85.4 cm³/mol. The van der Waals surface area contributed by atoms with Gasteiger partial charge in [0.2, 0.25) is 5.91 Å². The lowest BCUT2D eigenvalue weighted by atomic mass is 10.2. The molecular formula is C17H16N4O. The Morgan fingerprint density at radius 1 is 1.27 bits per heavy atom. The first-order valence-electron chi connectivity index (χ1n) is 7.42. The Morgan fingerprint density at radius 3 is 2.91 bits per heavy atom. The first kappa shape index (κ1) is 13.0. The van der Waals surface area contributed by atoms with Crippen LogP contribution in [-0.2, 0) is 4.79 Å². The second kappa shape index (κ2) is 4.94. The van der Waals surface area contributed by atoms with Gasteiger partial charge in [-0.15, -0.1) is 0 Å². The first-order chi connectivity index (χ1) is 10.7. The number of fused-ring (bicyclic) bond motifs is 1. The smallest absolute Gasteiger partial charge is 0.228 e. The molecule has 0 aromatic carbocycles. The van der Waals surface area contributed by atoms with E-state index in [1.165, 1.54) is 0 Å². The summed E-state index contributed by atoms with van der Waals surface area (Å²) in [4.78, 5) is 23.7. The fourth-order valence-electron chi connectivity index (χ4n) is 2.54. The molecule has 1 amide bonds. The highest BCUT2D eigenvalue weighted by Crippen LogP contribution is 2.30. The van der Waals surface area contributed by atoms with Gasteiger partial charge in [0.25, 0.3) is 0 Å². The normalized spacial score (nSPS) is 14.2. The molecule has 22 heavy (non-hydrogen) atoms. The Kier molecular flexibility index (Phi) is 2.92. The highest BCUT2D eigenvalue weighted by Gasteiger charge is 2.29. The quantitative estimate of drug-likeness (QED) is 0.778. The van der Waals surface area contributed by atoms with Crippen LogP contribution in [0.2, 0.25) is 0 Å². The lowest BCUT2D eigenvalue weighted by molar-refractivity contribution is -0.117. The van der Waals surface area contributed by atoms with E-state index in [-0.39, 0.29) is 11.8 Å². The molecule has 0 atom stereocenters. The molecule has 1 aliphatic carbocycles. The van der Waals surface area contributed by atoms with Gasteiger partial charge in [0.15, 0.2) is 0 Å². The summed E-state index contributed by atoms with van der Waals surface area (Å²) in [6, 6.07) is 7.95. The van der Waals surface area contributed by atoms with Crippen LogP contribution >= 0.6 is 0 Å². The summed E-state index contributed by atoms with van der Waals surface area (Å²) >= 11 is 0. The van der Waals surface area contributed by atoms with Crippen molar-refractivity contribution in [1.29, 1.82) is 0 Å². The van der Waals surface area contributed by atoms with Crippen LogP contribution in [0.15, 0.2) is 36.7 Å². The molecule has 3 aromatic heterocycles. The minimum atomic E-state index is 0.0726. The Bertz CT molecular complexity index is 864. The molecular weight excluding hydrogens is 276 g/mol. The SMILES string of the molecule is Cc1cc(-c2cc3cnc(NC(=O)C4CC4)cc3[nH]2)ccn1. The Labute approximate surface area is 127 Å². The van der Waals surface area contributed by atoms with Crippen molar-refractivity contribution in [3.63, 3.8) is 0 Å². The number of hydrogen-bond donors (Lipinski definition) is 2. The number of aromatic nitrogens is 3. The second-order valence-electron chi connectivity index (χ2n) is 5.79. The van der Waals surface area contributed by atoms with Gasteiger partial charge < -0.3 is 10.3 Å². The van der Waals surface area contributed by atoms with Crippen molar-refractivity contribution in [1.82, 2.24) is 15.0 Å². The molecule has 1 aliphatic rings. The van der Waals surface area contributed by atoms with E-state index in [1.54, 1.807) is 12.4 Å². The summed E-state index contributed by atoms with van der Waals surface area (Å²) in [7, 11) is 0. The molecule has 5 nitrogen and oxygen atoms in total. The maximum Gasteiger partial charge on any atom is 0.228 e. The Hall–Kier alpha value is -2.69. The average Bonchev–Trinajstić information content (AvgIpc) is 3.27. The Morgan fingerprint density at radius 2 is 2.14 bits per heavy atom. The summed E-state index contributed by atoms with van der Waals surface area (Å²) in [5.41, 5.74) is 4.05. The minimum absolute atomic E-state index is 0.0726. The third-order valence-corrected chi connectivity index (χ3v) is 3.91. The van der Waals surface area contributed by atoms with Gasteiger partial charge >= 0.3 is 0 Å². The molecule has 0 spiro atoms. The number of aromatic amines is 1. The monoisotopic (exact) mass is 292 g/mol. The van der Waals surface area contributed by atoms with Crippen LogP contribution in [0.4, 0.5) is 5.82 Å². The largest absolute Gasteiger partial charge is 0.354 e. The van der Waals surface area contributed by atoms with E-state index in [9.17, 15) is 4.79 Å². The maximum absolute atomic E-state index is 11.8. The zero-order chi connectivity index (χ0) is 15.1. The van der Waals surface area contributed by atoms with Crippen LogP contribution in [0.3, 0.4) is 0 Å². The number of pyridine rings is 2.